The Morgan fingerprint density at radius 2 is 1.55 bits per heavy atom. The molecule has 0 bridgehead atoms. The van der Waals surface area contributed by atoms with Crippen molar-refractivity contribution in [1.82, 2.24) is 0 Å². The van der Waals surface area contributed by atoms with E-state index in [0.717, 1.165) is 0 Å². The monoisotopic (exact) mass is 160 g/mol. The van der Waals surface area contributed by atoms with E-state index in [4.69, 9.17) is 15.0 Å². The third-order valence-electron chi connectivity index (χ3n) is 0.667. The zero-order valence-electron chi connectivity index (χ0n) is 7.46. The highest BCUT2D eigenvalue weighted by Gasteiger charge is 2.00. The highest BCUT2D eigenvalue weighted by Crippen LogP contribution is 2.13. The fraction of sp³-hybridized carbons (Fsp3) is 0.625. The molecule has 0 aromatic heterocycles. The first-order valence-electron chi connectivity index (χ1n) is 3.35. The number of carboxylic acid groups (broad SMARTS) is 2. The van der Waals surface area contributed by atoms with E-state index in [1.807, 2.05) is 6.92 Å². The van der Waals surface area contributed by atoms with Gasteiger partial charge in [0.05, 0.1) is 0 Å². The van der Waals surface area contributed by atoms with Crippen LogP contribution in [0, 0.1) is 5.41 Å². The lowest BCUT2D eigenvalue weighted by Crippen LogP contribution is -1.97. The summed E-state index contributed by atoms with van der Waals surface area (Å²) in [6.45, 7) is 8.61. The van der Waals surface area contributed by atoms with Crippen molar-refractivity contribution >= 4 is 6.16 Å². The highest BCUT2D eigenvalue weighted by atomic mass is 16.6. The number of hydrogen-bond acceptors (Lipinski definition) is 1. The van der Waals surface area contributed by atoms with E-state index in [2.05, 4.69) is 32.9 Å². The minimum Gasteiger partial charge on any atom is -0.450 e. The van der Waals surface area contributed by atoms with E-state index in [9.17, 15) is 0 Å². The molecule has 0 fully saturated rings. The van der Waals surface area contributed by atoms with Gasteiger partial charge in [-0.15, -0.1) is 0 Å². The molecule has 0 radical (unpaired) electrons. The topological polar surface area (TPSA) is 57.5 Å². The van der Waals surface area contributed by atoms with Gasteiger partial charge in [-0.3, -0.25) is 0 Å². The van der Waals surface area contributed by atoms with Gasteiger partial charge in [0.1, 0.15) is 0 Å². The molecule has 0 amide bonds. The standard InChI is InChI=1S/C7H14.CH2O3/c1-5-6-7(2,3)4;2-1(3)4/h5-6H,1-4H3;(H2,2,3,4). The van der Waals surface area contributed by atoms with Crippen LogP contribution in [0.25, 0.3) is 0 Å². The molecular weight excluding hydrogens is 144 g/mol. The third kappa shape index (κ3) is 48.9. The predicted octanol–water partition coefficient (Wildman–Crippen LogP) is 2.83. The van der Waals surface area contributed by atoms with Crippen molar-refractivity contribution in [1.29, 1.82) is 0 Å². The Bertz CT molecular complexity index is 127. The Morgan fingerprint density at radius 1 is 1.27 bits per heavy atom. The summed E-state index contributed by atoms with van der Waals surface area (Å²) < 4.78 is 0. The summed E-state index contributed by atoms with van der Waals surface area (Å²) in [5.41, 5.74) is 0.370. The van der Waals surface area contributed by atoms with Gasteiger partial charge in [-0.1, -0.05) is 32.9 Å². The first-order valence-corrected chi connectivity index (χ1v) is 3.35. The molecule has 66 valence electrons. The molecule has 0 aromatic rings. The average molecular weight is 160 g/mol. The lowest BCUT2D eigenvalue weighted by Gasteiger charge is -2.09. The molecule has 0 saturated heterocycles. The Hall–Kier alpha value is -0.990. The van der Waals surface area contributed by atoms with Crippen molar-refractivity contribution in [2.24, 2.45) is 5.41 Å². The van der Waals surface area contributed by atoms with Gasteiger partial charge in [0.2, 0.25) is 0 Å². The first kappa shape index (κ1) is 12.7. The highest BCUT2D eigenvalue weighted by molar-refractivity contribution is 5.53. The van der Waals surface area contributed by atoms with E-state index < -0.39 is 6.16 Å². The van der Waals surface area contributed by atoms with Crippen LogP contribution in [0.3, 0.4) is 0 Å². The number of rotatable bonds is 0. The van der Waals surface area contributed by atoms with Crippen LogP contribution >= 0.6 is 0 Å². The van der Waals surface area contributed by atoms with E-state index in [0.29, 0.717) is 5.41 Å². The molecule has 3 nitrogen and oxygen atoms in total. The third-order valence-corrected chi connectivity index (χ3v) is 0.667. The second kappa shape index (κ2) is 5.77. The van der Waals surface area contributed by atoms with E-state index >= 15 is 0 Å². The average Bonchev–Trinajstić information content (AvgIpc) is 1.58. The molecule has 11 heavy (non-hydrogen) atoms. The van der Waals surface area contributed by atoms with Crippen LogP contribution in [0.15, 0.2) is 12.2 Å². The summed E-state index contributed by atoms with van der Waals surface area (Å²) in [6, 6.07) is 0. The number of hydrogen-bond donors (Lipinski definition) is 2. The molecule has 0 aromatic carbocycles. The fourth-order valence-electron chi connectivity index (χ4n) is 0.500. The first-order chi connectivity index (χ1) is 4.79. The van der Waals surface area contributed by atoms with Gasteiger partial charge in [0, 0.05) is 0 Å². The van der Waals surface area contributed by atoms with Crippen LogP contribution in [-0.2, 0) is 0 Å². The molecule has 3 heteroatoms. The van der Waals surface area contributed by atoms with Gasteiger partial charge < -0.3 is 10.2 Å². The van der Waals surface area contributed by atoms with Crippen LogP contribution in [0.2, 0.25) is 0 Å². The summed E-state index contributed by atoms with van der Waals surface area (Å²) in [4.78, 5) is 8.56. The quantitative estimate of drug-likeness (QED) is 0.536. The Labute approximate surface area is 67.4 Å². The lowest BCUT2D eigenvalue weighted by atomic mass is 9.97. The fourth-order valence-corrected chi connectivity index (χ4v) is 0.500. The van der Waals surface area contributed by atoms with E-state index in [1.54, 1.807) is 0 Å². The Balaban J connectivity index is 0. The molecule has 0 unspecified atom stereocenters. The summed E-state index contributed by atoms with van der Waals surface area (Å²) in [5.74, 6) is 0. The van der Waals surface area contributed by atoms with Gasteiger partial charge in [0.25, 0.3) is 0 Å². The van der Waals surface area contributed by atoms with Crippen LogP contribution < -0.4 is 0 Å². The number of allylic oxidation sites excluding steroid dienone is 2. The van der Waals surface area contributed by atoms with Crippen molar-refractivity contribution in [3.8, 4) is 0 Å². The molecule has 0 spiro atoms. The predicted molar refractivity (Wildman–Crippen MR) is 44.9 cm³/mol. The molecule has 0 heterocycles. The lowest BCUT2D eigenvalue weighted by molar-refractivity contribution is 0.137. The van der Waals surface area contributed by atoms with E-state index in [-0.39, 0.29) is 0 Å². The Morgan fingerprint density at radius 3 is 1.55 bits per heavy atom. The van der Waals surface area contributed by atoms with Crippen molar-refractivity contribution in [2.45, 2.75) is 27.7 Å². The normalized spacial score (nSPS) is 10.5. The maximum absolute atomic E-state index is 8.56. The molecule has 0 rings (SSSR count). The molecule has 0 aliphatic carbocycles. The minimum absolute atomic E-state index is 0.370. The van der Waals surface area contributed by atoms with Crippen LogP contribution in [0.5, 0.6) is 0 Å². The second-order valence-corrected chi connectivity index (χ2v) is 3.15. The van der Waals surface area contributed by atoms with Crippen molar-refractivity contribution in [3.63, 3.8) is 0 Å². The molecule has 0 aliphatic rings. The maximum Gasteiger partial charge on any atom is 0.503 e. The van der Waals surface area contributed by atoms with Gasteiger partial charge >= 0.3 is 6.16 Å². The SMILES string of the molecule is CC=CC(C)(C)C.O=C(O)O. The summed E-state index contributed by atoms with van der Waals surface area (Å²) in [6.07, 6.45) is 2.44. The largest absolute Gasteiger partial charge is 0.503 e. The molecule has 2 N–H and O–H groups in total. The zero-order chi connectivity index (χ0) is 9.49. The van der Waals surface area contributed by atoms with Gasteiger partial charge in [-0.2, -0.15) is 0 Å². The molecule has 0 atom stereocenters. The zero-order valence-corrected chi connectivity index (χ0v) is 7.46. The van der Waals surface area contributed by atoms with Crippen LogP contribution in [-0.4, -0.2) is 16.4 Å². The van der Waals surface area contributed by atoms with Crippen molar-refractivity contribution < 1.29 is 15.0 Å². The van der Waals surface area contributed by atoms with Gasteiger partial charge in [-0.05, 0) is 12.3 Å². The van der Waals surface area contributed by atoms with Crippen molar-refractivity contribution in [2.75, 3.05) is 0 Å². The Kier molecular flexibility index (Phi) is 6.64. The van der Waals surface area contributed by atoms with Crippen LogP contribution in [0.1, 0.15) is 27.7 Å². The number of carbonyl (C=O) groups is 1. The van der Waals surface area contributed by atoms with Gasteiger partial charge in [-0.25, -0.2) is 4.79 Å². The smallest absolute Gasteiger partial charge is 0.450 e. The summed E-state index contributed by atoms with van der Waals surface area (Å²) in [7, 11) is 0. The summed E-state index contributed by atoms with van der Waals surface area (Å²) in [5, 5.41) is 13.9. The minimum atomic E-state index is -1.83. The van der Waals surface area contributed by atoms with Crippen LogP contribution in [0.4, 0.5) is 4.79 Å². The van der Waals surface area contributed by atoms with Gasteiger partial charge in [0.15, 0.2) is 0 Å². The van der Waals surface area contributed by atoms with E-state index in [1.165, 1.54) is 0 Å². The van der Waals surface area contributed by atoms with Crippen molar-refractivity contribution in [3.05, 3.63) is 12.2 Å². The molecular formula is C8H16O3. The second-order valence-electron chi connectivity index (χ2n) is 3.15. The maximum atomic E-state index is 8.56. The molecule has 0 aliphatic heterocycles. The molecule has 0 saturated carbocycles. The summed E-state index contributed by atoms with van der Waals surface area (Å²) >= 11 is 0.